The van der Waals surface area contributed by atoms with Gasteiger partial charge in [-0.1, -0.05) is 24.3 Å². The predicted molar refractivity (Wildman–Crippen MR) is 94.6 cm³/mol. The molecule has 4 nitrogen and oxygen atoms in total. The zero-order valence-corrected chi connectivity index (χ0v) is 13.7. The molecule has 2 aromatic carbocycles. The van der Waals surface area contributed by atoms with Gasteiger partial charge in [0.15, 0.2) is 0 Å². The van der Waals surface area contributed by atoms with Crippen LogP contribution in [0.5, 0.6) is 0 Å². The minimum absolute atomic E-state index is 0.228. The maximum atomic E-state index is 13.3. The van der Waals surface area contributed by atoms with Crippen molar-refractivity contribution >= 4 is 17.6 Å². The summed E-state index contributed by atoms with van der Waals surface area (Å²) >= 11 is 0. The lowest BCUT2D eigenvalue weighted by molar-refractivity contribution is 0.0697. The van der Waals surface area contributed by atoms with E-state index in [1.54, 1.807) is 42.9 Å². The van der Waals surface area contributed by atoms with E-state index in [0.29, 0.717) is 6.54 Å². The zero-order valence-electron chi connectivity index (χ0n) is 13.7. The van der Waals surface area contributed by atoms with Gasteiger partial charge in [-0.05, 0) is 54.0 Å². The van der Waals surface area contributed by atoms with Gasteiger partial charge in [0.1, 0.15) is 5.82 Å². The molecule has 0 radical (unpaired) electrons. The number of benzene rings is 2. The van der Waals surface area contributed by atoms with Crippen molar-refractivity contribution in [3.05, 3.63) is 89.3 Å². The fraction of sp³-hybridized carbons (Fsp3) is 0.100. The molecule has 0 atom stereocenters. The van der Waals surface area contributed by atoms with Gasteiger partial charge in [0, 0.05) is 18.4 Å². The van der Waals surface area contributed by atoms with E-state index in [4.69, 9.17) is 5.11 Å². The summed E-state index contributed by atoms with van der Waals surface area (Å²) in [6.07, 6.45) is 5.42. The summed E-state index contributed by atoms with van der Waals surface area (Å²) in [7, 11) is 0. The highest BCUT2D eigenvalue weighted by Crippen LogP contribution is 2.22. The van der Waals surface area contributed by atoms with E-state index in [-0.39, 0.29) is 11.4 Å². The van der Waals surface area contributed by atoms with Gasteiger partial charge >= 0.3 is 5.97 Å². The number of allylic oxidation sites excluding steroid dienone is 1. The van der Waals surface area contributed by atoms with Crippen LogP contribution < -0.4 is 0 Å². The third kappa shape index (κ3) is 4.01. The molecule has 126 valence electrons. The van der Waals surface area contributed by atoms with Gasteiger partial charge in [0.05, 0.1) is 11.9 Å². The minimum atomic E-state index is -0.968. The van der Waals surface area contributed by atoms with Crippen LogP contribution in [0.2, 0.25) is 0 Å². The monoisotopic (exact) mass is 336 g/mol. The Morgan fingerprint density at radius 3 is 2.60 bits per heavy atom. The molecule has 0 fully saturated rings. The maximum Gasteiger partial charge on any atom is 0.335 e. The van der Waals surface area contributed by atoms with Crippen molar-refractivity contribution in [2.75, 3.05) is 0 Å². The van der Waals surface area contributed by atoms with Crippen molar-refractivity contribution in [2.45, 2.75) is 13.5 Å². The molecule has 3 rings (SSSR count). The fourth-order valence-corrected chi connectivity index (χ4v) is 2.58. The zero-order chi connectivity index (χ0) is 17.8. The largest absolute Gasteiger partial charge is 0.478 e. The van der Waals surface area contributed by atoms with E-state index in [0.717, 1.165) is 22.4 Å². The predicted octanol–water partition coefficient (Wildman–Crippen LogP) is 4.27. The molecule has 1 N–H and O–H groups in total. The third-order valence-corrected chi connectivity index (χ3v) is 3.95. The number of halogens is 1. The van der Waals surface area contributed by atoms with Crippen molar-refractivity contribution in [1.29, 1.82) is 0 Å². The maximum absolute atomic E-state index is 13.3. The van der Waals surface area contributed by atoms with Crippen LogP contribution in [0.3, 0.4) is 0 Å². The number of nitrogens with zero attached hydrogens (tertiary/aromatic N) is 2. The van der Waals surface area contributed by atoms with Gasteiger partial charge in [0.25, 0.3) is 0 Å². The highest BCUT2D eigenvalue weighted by Gasteiger charge is 2.07. The minimum Gasteiger partial charge on any atom is -0.478 e. The summed E-state index contributed by atoms with van der Waals surface area (Å²) in [5.41, 5.74) is 3.81. The number of carbonyl (C=O) groups is 1. The first kappa shape index (κ1) is 16.6. The second-order valence-electron chi connectivity index (χ2n) is 5.77. The lowest BCUT2D eigenvalue weighted by atomic mass is 10.0. The molecule has 0 spiro atoms. The van der Waals surface area contributed by atoms with Gasteiger partial charge in [-0.15, -0.1) is 0 Å². The number of rotatable bonds is 5. The van der Waals surface area contributed by atoms with Crippen LogP contribution in [0.1, 0.15) is 27.2 Å². The second-order valence-corrected chi connectivity index (χ2v) is 5.77. The van der Waals surface area contributed by atoms with E-state index in [1.807, 2.05) is 23.6 Å². The molecule has 0 amide bonds. The van der Waals surface area contributed by atoms with Crippen molar-refractivity contribution in [3.8, 4) is 0 Å². The Morgan fingerprint density at radius 2 is 1.96 bits per heavy atom. The number of aryl methyl sites for hydroxylation is 1. The Balaban J connectivity index is 2.03. The Labute approximate surface area is 144 Å². The van der Waals surface area contributed by atoms with E-state index < -0.39 is 5.97 Å². The van der Waals surface area contributed by atoms with Crippen LogP contribution >= 0.6 is 0 Å². The van der Waals surface area contributed by atoms with Crippen LogP contribution in [-0.2, 0) is 6.54 Å². The molecule has 1 aromatic heterocycles. The molecule has 0 aliphatic carbocycles. The van der Waals surface area contributed by atoms with Crippen molar-refractivity contribution in [1.82, 2.24) is 9.55 Å². The third-order valence-electron chi connectivity index (χ3n) is 3.95. The summed E-state index contributed by atoms with van der Waals surface area (Å²) in [4.78, 5) is 15.3. The first-order valence-electron chi connectivity index (χ1n) is 7.79. The molecular weight excluding hydrogens is 319 g/mol. The number of aromatic nitrogens is 2. The lowest BCUT2D eigenvalue weighted by Crippen LogP contribution is -2.02. The number of imidazole rings is 1. The highest BCUT2D eigenvalue weighted by atomic mass is 19.1. The molecule has 5 heteroatoms. The summed E-state index contributed by atoms with van der Waals surface area (Å²) < 4.78 is 15.2. The first-order chi connectivity index (χ1) is 12.0. The van der Waals surface area contributed by atoms with Crippen LogP contribution in [-0.4, -0.2) is 20.6 Å². The molecule has 0 unspecified atom stereocenters. The number of carboxylic acid groups (broad SMARTS) is 1. The molecule has 1 heterocycles. The number of hydrogen-bond donors (Lipinski definition) is 1. The number of hydrogen-bond acceptors (Lipinski definition) is 2. The van der Waals surface area contributed by atoms with Gasteiger partial charge in [-0.25, -0.2) is 14.2 Å². The quantitative estimate of drug-likeness (QED) is 0.708. The Morgan fingerprint density at radius 1 is 1.20 bits per heavy atom. The second kappa shape index (κ2) is 7.13. The molecule has 0 aliphatic rings. The van der Waals surface area contributed by atoms with E-state index in [1.165, 1.54) is 12.1 Å². The van der Waals surface area contributed by atoms with E-state index >= 15 is 0 Å². The fourth-order valence-electron chi connectivity index (χ4n) is 2.58. The van der Waals surface area contributed by atoms with Gasteiger partial charge in [-0.3, -0.25) is 0 Å². The molecule has 0 bridgehead atoms. The van der Waals surface area contributed by atoms with E-state index in [9.17, 15) is 9.18 Å². The van der Waals surface area contributed by atoms with Gasteiger partial charge in [0.2, 0.25) is 0 Å². The summed E-state index contributed by atoms with van der Waals surface area (Å²) in [6, 6.07) is 13.0. The molecular formula is C20H17FN2O2. The SMILES string of the molecule is Cc1cncn1C/C(=C/c1cccc(C(=O)O)c1)c1ccc(F)cc1. The van der Waals surface area contributed by atoms with Crippen LogP contribution in [0.15, 0.2) is 61.1 Å². The van der Waals surface area contributed by atoms with Gasteiger partial charge in [-0.2, -0.15) is 0 Å². The molecule has 0 saturated heterocycles. The van der Waals surface area contributed by atoms with Crippen LogP contribution in [0.4, 0.5) is 4.39 Å². The summed E-state index contributed by atoms with van der Waals surface area (Å²) in [6.45, 7) is 2.51. The molecule has 3 aromatic rings. The van der Waals surface area contributed by atoms with E-state index in [2.05, 4.69) is 4.98 Å². The Kier molecular flexibility index (Phi) is 4.75. The molecule has 0 saturated carbocycles. The average Bonchev–Trinajstić information content (AvgIpc) is 3.00. The normalized spacial score (nSPS) is 11.5. The smallest absolute Gasteiger partial charge is 0.335 e. The van der Waals surface area contributed by atoms with Crippen molar-refractivity contribution in [3.63, 3.8) is 0 Å². The first-order valence-corrected chi connectivity index (χ1v) is 7.79. The standard InChI is InChI=1S/C20H17FN2O2/c1-14-11-22-13-23(14)12-18(16-5-7-19(21)8-6-16)10-15-3-2-4-17(9-15)20(24)25/h2-11,13H,12H2,1H3,(H,24,25)/b18-10-. The van der Waals surface area contributed by atoms with Crippen molar-refractivity contribution < 1.29 is 14.3 Å². The van der Waals surface area contributed by atoms with Gasteiger partial charge < -0.3 is 9.67 Å². The highest BCUT2D eigenvalue weighted by molar-refractivity contribution is 5.89. The topological polar surface area (TPSA) is 55.1 Å². The number of carboxylic acids is 1. The molecule has 25 heavy (non-hydrogen) atoms. The number of aromatic carboxylic acids is 1. The van der Waals surface area contributed by atoms with Crippen molar-refractivity contribution in [2.24, 2.45) is 0 Å². The lowest BCUT2D eigenvalue weighted by Gasteiger charge is -2.11. The van der Waals surface area contributed by atoms with Crippen LogP contribution in [0.25, 0.3) is 11.6 Å². The summed E-state index contributed by atoms with van der Waals surface area (Å²) in [5.74, 6) is -1.26. The Hall–Kier alpha value is -3.21. The van der Waals surface area contributed by atoms with Crippen LogP contribution in [0, 0.1) is 12.7 Å². The molecule has 0 aliphatic heterocycles. The summed E-state index contributed by atoms with van der Waals surface area (Å²) in [5, 5.41) is 9.16. The average molecular weight is 336 g/mol. The Bertz CT molecular complexity index is 927.